The van der Waals surface area contributed by atoms with E-state index in [0.29, 0.717) is 16.9 Å². The molecule has 7 heteroatoms. The van der Waals surface area contributed by atoms with Crippen molar-refractivity contribution in [3.05, 3.63) is 11.6 Å². The normalized spacial score (nSPS) is 45.6. The van der Waals surface area contributed by atoms with Gasteiger partial charge in [-0.05, 0) is 118 Å². The Morgan fingerprint density at radius 3 is 2.32 bits per heavy atom. The van der Waals surface area contributed by atoms with Gasteiger partial charge in [-0.3, -0.25) is 9.11 Å². The lowest BCUT2D eigenvalue weighted by Gasteiger charge is -2.58. The van der Waals surface area contributed by atoms with Crippen LogP contribution in [0.3, 0.4) is 0 Å². The minimum atomic E-state index is -4.67. The fourth-order valence-electron chi connectivity index (χ4n) is 8.97. The number of aliphatic hydroxyl groups is 1. The second kappa shape index (κ2) is 9.13. The molecule has 0 bridgehead atoms. The molecule has 0 aromatic rings. The number of hydrogen-bond donors (Lipinski definition) is 3. The van der Waals surface area contributed by atoms with Gasteiger partial charge in [-0.25, -0.2) is 0 Å². The zero-order valence-electron chi connectivity index (χ0n) is 21.7. The van der Waals surface area contributed by atoms with Crippen LogP contribution in [0.5, 0.6) is 0 Å². The first-order valence-electron chi connectivity index (χ1n) is 13.4. The van der Waals surface area contributed by atoms with E-state index in [1.165, 1.54) is 51.4 Å². The fourth-order valence-corrected chi connectivity index (χ4v) is 8.97. The van der Waals surface area contributed by atoms with E-state index in [-0.39, 0.29) is 11.7 Å². The number of aliphatic hydroxyl groups excluding tert-OH is 1. The number of fused-ring (bicyclic) bond motifs is 5. The van der Waals surface area contributed by atoms with E-state index in [2.05, 4.69) is 40.7 Å². The molecule has 9 atom stereocenters. The molecule has 1 saturated heterocycles. The van der Waals surface area contributed by atoms with Crippen LogP contribution in [0.25, 0.3) is 0 Å². The zero-order valence-corrected chi connectivity index (χ0v) is 22.5. The summed E-state index contributed by atoms with van der Waals surface area (Å²) >= 11 is 0. The summed E-state index contributed by atoms with van der Waals surface area (Å²) in [7, 11) is -4.67. The van der Waals surface area contributed by atoms with Crippen LogP contribution in [0.1, 0.15) is 98.8 Å². The Kier molecular flexibility index (Phi) is 7.14. The van der Waals surface area contributed by atoms with E-state index in [4.69, 9.17) is 22.3 Å². The van der Waals surface area contributed by atoms with Crippen LogP contribution < -0.4 is 0 Å². The van der Waals surface area contributed by atoms with E-state index in [9.17, 15) is 5.11 Å². The summed E-state index contributed by atoms with van der Waals surface area (Å²) in [6.07, 6.45) is 15.8. The molecule has 5 aliphatic rings. The molecule has 196 valence electrons. The van der Waals surface area contributed by atoms with Crippen molar-refractivity contribution < 1.29 is 27.4 Å². The number of hydrogen-bond acceptors (Lipinski definition) is 4. The van der Waals surface area contributed by atoms with E-state index in [1.54, 1.807) is 5.57 Å². The lowest BCUT2D eigenvalue weighted by molar-refractivity contribution is -0.0573. The maximum atomic E-state index is 10.2. The third kappa shape index (κ3) is 5.15. The van der Waals surface area contributed by atoms with Crippen LogP contribution in [-0.4, -0.2) is 40.4 Å². The lowest BCUT2D eigenvalue weighted by Crippen LogP contribution is -2.50. The Balaban J connectivity index is 0.000000499. The molecule has 3 saturated carbocycles. The molecular weight excluding hydrogens is 452 g/mol. The predicted molar refractivity (Wildman–Crippen MR) is 133 cm³/mol. The first kappa shape index (κ1) is 26.6. The van der Waals surface area contributed by atoms with Gasteiger partial charge < -0.3 is 9.84 Å². The van der Waals surface area contributed by atoms with Gasteiger partial charge in [0.05, 0.1) is 17.8 Å². The highest BCUT2D eigenvalue weighted by Gasteiger charge is 2.59. The van der Waals surface area contributed by atoms with E-state index < -0.39 is 10.4 Å². The molecule has 4 fully saturated rings. The van der Waals surface area contributed by atoms with Crippen molar-refractivity contribution in [1.82, 2.24) is 0 Å². The van der Waals surface area contributed by atoms with Crippen LogP contribution >= 0.6 is 0 Å². The molecule has 4 aliphatic carbocycles. The van der Waals surface area contributed by atoms with Crippen molar-refractivity contribution in [2.45, 2.75) is 117 Å². The third-order valence-electron chi connectivity index (χ3n) is 10.9. The molecule has 5 rings (SSSR count). The quantitative estimate of drug-likeness (QED) is 0.254. The Hall–Kier alpha value is -0.470. The Bertz CT molecular complexity index is 889. The molecule has 6 nitrogen and oxygen atoms in total. The molecule has 0 radical (unpaired) electrons. The van der Waals surface area contributed by atoms with Crippen molar-refractivity contribution in [3.8, 4) is 0 Å². The van der Waals surface area contributed by atoms with Gasteiger partial charge in [0.1, 0.15) is 0 Å². The van der Waals surface area contributed by atoms with E-state index in [0.717, 1.165) is 42.4 Å². The molecular formula is C27H46O6S. The molecule has 0 amide bonds. The van der Waals surface area contributed by atoms with E-state index >= 15 is 0 Å². The van der Waals surface area contributed by atoms with E-state index in [1.807, 2.05) is 0 Å². The molecule has 0 aromatic heterocycles. The number of rotatable bonds is 4. The maximum Gasteiger partial charge on any atom is 0.394 e. The fraction of sp³-hybridized carbons (Fsp3) is 0.926. The lowest BCUT2D eigenvalue weighted by atomic mass is 9.47. The Morgan fingerprint density at radius 1 is 1.06 bits per heavy atom. The topological polar surface area (TPSA) is 107 Å². The SMILES string of the molecule is C[C@H](CCC1OC1(C)C)[C@H]1CC[C@H]2[C@@H]3CC=C4C[C@@H](O)CC[C@]4(C)[C@H]3CC[C@]12C.O=S(=O)(O)O. The first-order valence-corrected chi connectivity index (χ1v) is 14.8. The second-order valence-corrected chi connectivity index (χ2v) is 14.0. The summed E-state index contributed by atoms with van der Waals surface area (Å²) in [6.45, 7) is 12.3. The predicted octanol–water partition coefficient (Wildman–Crippen LogP) is 5.87. The summed E-state index contributed by atoms with van der Waals surface area (Å²) in [5.74, 6) is 4.41. The molecule has 1 unspecified atom stereocenters. The second-order valence-electron chi connectivity index (χ2n) is 13.1. The van der Waals surface area contributed by atoms with Crippen molar-refractivity contribution in [1.29, 1.82) is 0 Å². The highest BCUT2D eigenvalue weighted by Crippen LogP contribution is 2.67. The Labute approximate surface area is 206 Å². The number of epoxide rings is 1. The van der Waals surface area contributed by atoms with Gasteiger partial charge in [-0.15, -0.1) is 0 Å². The highest BCUT2D eigenvalue weighted by atomic mass is 32.3. The summed E-state index contributed by atoms with van der Waals surface area (Å²) in [5, 5.41) is 10.2. The average Bonchev–Trinajstić information content (AvgIpc) is 3.16. The summed E-state index contributed by atoms with van der Waals surface area (Å²) in [6, 6.07) is 0. The number of ether oxygens (including phenoxy) is 1. The summed E-state index contributed by atoms with van der Waals surface area (Å²) in [5.41, 5.74) is 2.68. The minimum Gasteiger partial charge on any atom is -0.393 e. The van der Waals surface area contributed by atoms with Crippen LogP contribution in [0.2, 0.25) is 0 Å². The van der Waals surface area contributed by atoms with Gasteiger partial charge >= 0.3 is 10.4 Å². The van der Waals surface area contributed by atoms with Crippen LogP contribution in [0.4, 0.5) is 0 Å². The Morgan fingerprint density at radius 2 is 1.71 bits per heavy atom. The number of allylic oxidation sites excluding steroid dienone is 1. The van der Waals surface area contributed by atoms with Gasteiger partial charge in [0.2, 0.25) is 0 Å². The summed E-state index contributed by atoms with van der Waals surface area (Å²) in [4.78, 5) is 0. The van der Waals surface area contributed by atoms with Crippen LogP contribution in [0.15, 0.2) is 11.6 Å². The molecule has 0 spiro atoms. The molecule has 1 aliphatic heterocycles. The van der Waals surface area contributed by atoms with Gasteiger partial charge in [0.25, 0.3) is 0 Å². The third-order valence-corrected chi connectivity index (χ3v) is 10.9. The summed E-state index contributed by atoms with van der Waals surface area (Å²) < 4.78 is 37.4. The first-order chi connectivity index (χ1) is 15.6. The van der Waals surface area contributed by atoms with Crippen molar-refractivity contribution in [2.75, 3.05) is 0 Å². The van der Waals surface area contributed by atoms with Crippen molar-refractivity contribution >= 4 is 10.4 Å². The van der Waals surface area contributed by atoms with Crippen molar-refractivity contribution in [2.24, 2.45) is 40.4 Å². The standard InChI is InChI=1S/C27H44O2.H2O4S/c1-17(6-11-24-25(2,3)29-24)21-9-10-22-20-8-7-18-16-19(28)12-14-26(18,4)23(20)13-15-27(21,22)5;1-5(2,3)4/h7,17,19-24,28H,6,8-16H2,1-5H3;(H2,1,2,3,4)/t17-,19+,20+,21-,22+,23+,24?,26+,27-;/m1./s1. The van der Waals surface area contributed by atoms with Crippen LogP contribution in [-0.2, 0) is 15.1 Å². The monoisotopic (exact) mass is 498 g/mol. The molecule has 1 heterocycles. The van der Waals surface area contributed by atoms with Gasteiger partial charge in [-0.2, -0.15) is 8.42 Å². The minimum absolute atomic E-state index is 0.0862. The highest BCUT2D eigenvalue weighted by molar-refractivity contribution is 7.79. The van der Waals surface area contributed by atoms with Crippen LogP contribution in [0, 0.1) is 40.4 Å². The average molecular weight is 499 g/mol. The smallest absolute Gasteiger partial charge is 0.393 e. The molecule has 3 N–H and O–H groups in total. The van der Waals surface area contributed by atoms with Gasteiger partial charge in [0, 0.05) is 0 Å². The largest absolute Gasteiger partial charge is 0.394 e. The zero-order chi connectivity index (χ0) is 25.1. The molecule has 0 aromatic carbocycles. The maximum absolute atomic E-state index is 10.2. The van der Waals surface area contributed by atoms with Gasteiger partial charge in [-0.1, -0.05) is 32.4 Å². The van der Waals surface area contributed by atoms with Crippen molar-refractivity contribution in [3.63, 3.8) is 0 Å². The van der Waals surface area contributed by atoms with Gasteiger partial charge in [0.15, 0.2) is 0 Å². The molecule has 34 heavy (non-hydrogen) atoms.